The summed E-state index contributed by atoms with van der Waals surface area (Å²) in [7, 11) is -4.04. The Morgan fingerprint density at radius 1 is 0.943 bits per heavy atom. The molecule has 0 radical (unpaired) electrons. The van der Waals surface area contributed by atoms with Gasteiger partial charge in [0, 0.05) is 6.54 Å². The molecule has 0 fully saturated rings. The molecule has 0 spiro atoms. The average Bonchev–Trinajstić information content (AvgIpc) is 3.42. The molecule has 3 heterocycles. The fraction of sp³-hybridized carbons (Fsp3) is 0.200. The highest BCUT2D eigenvalue weighted by molar-refractivity contribution is 7.89. The molecule has 0 bridgehead atoms. The predicted molar refractivity (Wildman–Crippen MR) is 131 cm³/mol. The first-order chi connectivity index (χ1) is 16.9. The van der Waals surface area contributed by atoms with Gasteiger partial charge in [-0.2, -0.15) is 13.1 Å². The molecule has 2 amide bonds. The van der Waals surface area contributed by atoms with Crippen LogP contribution in [0.25, 0.3) is 11.0 Å². The van der Waals surface area contributed by atoms with Crippen LogP contribution in [0.4, 0.5) is 0 Å². The maximum atomic E-state index is 14.2. The molecule has 0 saturated heterocycles. The summed E-state index contributed by atoms with van der Waals surface area (Å²) in [6.45, 7) is 1.89. The lowest BCUT2D eigenvalue weighted by molar-refractivity contribution is 0.0616. The lowest BCUT2D eigenvalue weighted by Crippen LogP contribution is -2.46. The van der Waals surface area contributed by atoms with Crippen molar-refractivity contribution in [1.29, 1.82) is 0 Å². The molecule has 1 aromatic heterocycles. The summed E-state index contributed by atoms with van der Waals surface area (Å²) in [5, 5.41) is 0. The Bertz CT molecular complexity index is 1590. The summed E-state index contributed by atoms with van der Waals surface area (Å²) in [5.74, 6) is -0.819. The molecule has 0 saturated carbocycles. The molecule has 2 aliphatic heterocycles. The van der Waals surface area contributed by atoms with Crippen LogP contribution in [0.5, 0.6) is 0 Å². The number of sulfonamides is 1. The molecule has 0 aliphatic carbocycles. The van der Waals surface area contributed by atoms with Gasteiger partial charge in [-0.25, -0.2) is 8.42 Å². The third kappa shape index (κ3) is 3.32. The lowest BCUT2D eigenvalue weighted by atomic mass is 9.94. The monoisotopic (exact) mass is 504 g/mol. The van der Waals surface area contributed by atoms with Crippen LogP contribution in [-0.2, 0) is 16.4 Å². The SMILES string of the molecule is Cc1ccc2nsnc2c1S(=O)(=O)N1CCc2ccccc2[C@H]1CN1C(=O)c2ccccc2C1=O. The van der Waals surface area contributed by atoms with Gasteiger partial charge in [-0.3, -0.25) is 14.5 Å². The zero-order valence-electron chi connectivity index (χ0n) is 18.7. The van der Waals surface area contributed by atoms with E-state index in [4.69, 9.17) is 0 Å². The van der Waals surface area contributed by atoms with Crippen molar-refractivity contribution in [2.24, 2.45) is 0 Å². The normalized spacial score (nSPS) is 18.2. The van der Waals surface area contributed by atoms with Gasteiger partial charge >= 0.3 is 0 Å². The zero-order valence-corrected chi connectivity index (χ0v) is 20.3. The molecule has 35 heavy (non-hydrogen) atoms. The maximum Gasteiger partial charge on any atom is 0.261 e. The van der Waals surface area contributed by atoms with Crippen molar-refractivity contribution in [3.05, 3.63) is 88.5 Å². The number of aryl methyl sites for hydroxylation is 1. The average molecular weight is 505 g/mol. The summed E-state index contributed by atoms with van der Waals surface area (Å²) >= 11 is 0.967. The van der Waals surface area contributed by atoms with E-state index in [2.05, 4.69) is 8.75 Å². The molecule has 0 unspecified atom stereocenters. The van der Waals surface area contributed by atoms with Crippen molar-refractivity contribution in [2.75, 3.05) is 13.1 Å². The summed E-state index contributed by atoms with van der Waals surface area (Å²) in [4.78, 5) is 27.6. The molecular weight excluding hydrogens is 484 g/mol. The summed E-state index contributed by atoms with van der Waals surface area (Å²) in [6, 6.07) is 17.0. The molecule has 3 aromatic carbocycles. The van der Waals surface area contributed by atoms with Crippen molar-refractivity contribution in [2.45, 2.75) is 24.3 Å². The highest BCUT2D eigenvalue weighted by Crippen LogP contribution is 2.38. The molecule has 8 nitrogen and oxygen atoms in total. The Hall–Kier alpha value is -3.47. The number of benzene rings is 3. The molecule has 176 valence electrons. The van der Waals surface area contributed by atoms with E-state index < -0.39 is 27.9 Å². The topological polar surface area (TPSA) is 101 Å². The molecule has 0 N–H and O–H groups in total. The fourth-order valence-corrected chi connectivity index (χ4v) is 7.61. The number of aromatic nitrogens is 2. The van der Waals surface area contributed by atoms with Gasteiger partial charge in [-0.05, 0) is 48.2 Å². The number of nitrogens with zero attached hydrogens (tertiary/aromatic N) is 4. The largest absolute Gasteiger partial charge is 0.272 e. The summed E-state index contributed by atoms with van der Waals surface area (Å²) in [5.41, 5.74) is 3.91. The Labute approximate surface area is 206 Å². The quantitative estimate of drug-likeness (QED) is 0.394. The van der Waals surface area contributed by atoms with Crippen LogP contribution in [0.2, 0.25) is 0 Å². The van der Waals surface area contributed by atoms with Gasteiger partial charge in [0.1, 0.15) is 15.9 Å². The van der Waals surface area contributed by atoms with Gasteiger partial charge in [-0.1, -0.05) is 42.5 Å². The van der Waals surface area contributed by atoms with Gasteiger partial charge in [-0.15, -0.1) is 0 Å². The van der Waals surface area contributed by atoms with Gasteiger partial charge in [0.05, 0.1) is 35.4 Å². The molecule has 6 rings (SSSR count). The first-order valence-electron chi connectivity index (χ1n) is 11.1. The molecule has 2 aliphatic rings. The zero-order chi connectivity index (χ0) is 24.3. The van der Waals surface area contributed by atoms with E-state index in [9.17, 15) is 18.0 Å². The van der Waals surface area contributed by atoms with Crippen LogP contribution < -0.4 is 0 Å². The van der Waals surface area contributed by atoms with E-state index in [0.717, 1.165) is 27.8 Å². The predicted octanol–water partition coefficient (Wildman–Crippen LogP) is 3.58. The number of hydrogen-bond donors (Lipinski definition) is 0. The highest BCUT2D eigenvalue weighted by atomic mass is 32.2. The van der Waals surface area contributed by atoms with Gasteiger partial charge in [0.2, 0.25) is 10.0 Å². The van der Waals surface area contributed by atoms with E-state index in [0.29, 0.717) is 34.1 Å². The Kier molecular flexibility index (Phi) is 5.06. The van der Waals surface area contributed by atoms with Crippen LogP contribution in [0.3, 0.4) is 0 Å². The van der Waals surface area contributed by atoms with E-state index in [-0.39, 0.29) is 18.0 Å². The minimum atomic E-state index is -4.04. The van der Waals surface area contributed by atoms with Crippen molar-refractivity contribution in [1.82, 2.24) is 18.0 Å². The minimum absolute atomic E-state index is 0.0765. The van der Waals surface area contributed by atoms with Crippen LogP contribution in [0, 0.1) is 6.92 Å². The summed E-state index contributed by atoms with van der Waals surface area (Å²) < 4.78 is 38.2. The number of imide groups is 1. The second-order valence-corrected chi connectivity index (χ2v) is 11.0. The fourth-order valence-electron chi connectivity index (χ4n) is 5.06. The smallest absolute Gasteiger partial charge is 0.261 e. The molecule has 1 atom stereocenters. The van der Waals surface area contributed by atoms with Crippen LogP contribution in [-0.4, -0.2) is 51.3 Å². The maximum absolute atomic E-state index is 14.2. The number of carbonyl (C=O) groups excluding carboxylic acids is 2. The van der Waals surface area contributed by atoms with Gasteiger partial charge in [0.25, 0.3) is 11.8 Å². The van der Waals surface area contributed by atoms with Crippen LogP contribution >= 0.6 is 11.7 Å². The van der Waals surface area contributed by atoms with E-state index in [1.165, 1.54) is 4.31 Å². The second kappa shape index (κ2) is 8.04. The first-order valence-corrected chi connectivity index (χ1v) is 13.3. The highest BCUT2D eigenvalue weighted by Gasteiger charge is 2.43. The van der Waals surface area contributed by atoms with E-state index in [1.54, 1.807) is 43.3 Å². The molecular formula is C25H20N4O4S2. The minimum Gasteiger partial charge on any atom is -0.272 e. The Morgan fingerprint density at radius 2 is 1.63 bits per heavy atom. The number of amides is 2. The first kappa shape index (κ1) is 22.0. The summed E-state index contributed by atoms with van der Waals surface area (Å²) in [6.07, 6.45) is 0.526. The van der Waals surface area contributed by atoms with E-state index in [1.807, 2.05) is 24.3 Å². The van der Waals surface area contributed by atoms with Gasteiger partial charge in [0.15, 0.2) is 0 Å². The standard InChI is InChI=1S/C25H20N4O4S2/c1-15-10-11-20-22(27-34-26-20)23(15)35(32,33)29-13-12-16-6-2-3-7-17(16)21(29)14-28-24(30)18-8-4-5-9-19(18)25(28)31/h2-11,21H,12-14H2,1H3/t21-/m1/s1. The van der Waals surface area contributed by atoms with Crippen molar-refractivity contribution in [3.8, 4) is 0 Å². The van der Waals surface area contributed by atoms with Gasteiger partial charge < -0.3 is 0 Å². The number of carbonyl (C=O) groups is 2. The van der Waals surface area contributed by atoms with Crippen molar-refractivity contribution >= 4 is 44.6 Å². The van der Waals surface area contributed by atoms with Crippen molar-refractivity contribution in [3.63, 3.8) is 0 Å². The van der Waals surface area contributed by atoms with Crippen molar-refractivity contribution < 1.29 is 18.0 Å². The Morgan fingerprint density at radius 3 is 2.37 bits per heavy atom. The van der Waals surface area contributed by atoms with Crippen LogP contribution in [0.1, 0.15) is 43.4 Å². The third-order valence-electron chi connectivity index (χ3n) is 6.74. The Balaban J connectivity index is 1.47. The second-order valence-electron chi connectivity index (χ2n) is 8.69. The number of fused-ring (bicyclic) bond motifs is 3. The number of hydrogen-bond acceptors (Lipinski definition) is 7. The van der Waals surface area contributed by atoms with Crippen LogP contribution in [0.15, 0.2) is 65.6 Å². The number of rotatable bonds is 4. The van der Waals surface area contributed by atoms with E-state index >= 15 is 0 Å². The lowest BCUT2D eigenvalue weighted by Gasteiger charge is -2.38. The molecule has 10 heteroatoms. The molecule has 4 aromatic rings. The third-order valence-corrected chi connectivity index (χ3v) is 9.37.